The number of aromatic amines is 1. The van der Waals surface area contributed by atoms with Gasteiger partial charge in [-0.3, -0.25) is 9.89 Å². The third-order valence-electron chi connectivity index (χ3n) is 3.81. The van der Waals surface area contributed by atoms with Crippen LogP contribution in [-0.2, 0) is 4.79 Å². The molecule has 0 saturated carbocycles. The number of H-pyrrole nitrogens is 1. The van der Waals surface area contributed by atoms with E-state index in [9.17, 15) is 4.79 Å². The van der Waals surface area contributed by atoms with Crippen molar-refractivity contribution in [3.63, 3.8) is 0 Å². The summed E-state index contributed by atoms with van der Waals surface area (Å²) in [7, 11) is 0. The van der Waals surface area contributed by atoms with Crippen LogP contribution in [0.4, 0.5) is 5.69 Å². The quantitative estimate of drug-likeness (QED) is 0.602. The highest BCUT2D eigenvalue weighted by molar-refractivity contribution is 5.94. The van der Waals surface area contributed by atoms with Gasteiger partial charge in [0.05, 0.1) is 11.7 Å². The maximum absolute atomic E-state index is 12.1. The predicted octanol–water partition coefficient (Wildman–Crippen LogP) is 3.73. The van der Waals surface area contributed by atoms with Crippen LogP contribution in [0.5, 0.6) is 5.75 Å². The Morgan fingerprint density at radius 3 is 2.79 bits per heavy atom. The van der Waals surface area contributed by atoms with Crippen LogP contribution in [0.2, 0.25) is 0 Å². The summed E-state index contributed by atoms with van der Waals surface area (Å²) in [6.07, 6.45) is 1.72. The average Bonchev–Trinajstić information content (AvgIpc) is 3.07. The molecule has 0 bridgehead atoms. The van der Waals surface area contributed by atoms with E-state index < -0.39 is 0 Å². The maximum Gasteiger partial charge on any atom is 0.262 e. The van der Waals surface area contributed by atoms with E-state index >= 15 is 0 Å². The molecule has 0 aliphatic rings. The second-order valence-electron chi connectivity index (χ2n) is 5.52. The van der Waals surface area contributed by atoms with Gasteiger partial charge >= 0.3 is 0 Å². The molecule has 5 heteroatoms. The topological polar surface area (TPSA) is 67.0 Å². The van der Waals surface area contributed by atoms with Crippen LogP contribution in [0.25, 0.3) is 21.7 Å². The van der Waals surface area contributed by atoms with Crippen LogP contribution in [0.3, 0.4) is 0 Å². The highest BCUT2D eigenvalue weighted by Crippen LogP contribution is 2.21. The Morgan fingerprint density at radius 1 is 1.00 bits per heavy atom. The zero-order chi connectivity index (χ0) is 16.4. The summed E-state index contributed by atoms with van der Waals surface area (Å²) in [5, 5.41) is 12.8. The summed E-state index contributed by atoms with van der Waals surface area (Å²) in [6.45, 7) is -0.0399. The number of benzene rings is 3. The Hall–Kier alpha value is -3.34. The summed E-state index contributed by atoms with van der Waals surface area (Å²) in [5.74, 6) is 0.472. The SMILES string of the molecule is O=C(COc1ccc2ccccc2c1)Nc1ccc2[nH]ncc2c1. The molecule has 0 aliphatic heterocycles. The van der Waals surface area contributed by atoms with Crippen molar-refractivity contribution >= 4 is 33.3 Å². The molecule has 3 aromatic carbocycles. The van der Waals surface area contributed by atoms with Gasteiger partial charge in [-0.1, -0.05) is 30.3 Å². The number of ether oxygens (including phenoxy) is 1. The van der Waals surface area contributed by atoms with Crippen LogP contribution in [-0.4, -0.2) is 22.7 Å². The predicted molar refractivity (Wildman–Crippen MR) is 94.2 cm³/mol. The summed E-state index contributed by atoms with van der Waals surface area (Å²) >= 11 is 0. The van der Waals surface area contributed by atoms with E-state index in [0.29, 0.717) is 5.75 Å². The lowest BCUT2D eigenvalue weighted by Gasteiger charge is -2.08. The van der Waals surface area contributed by atoms with Crippen molar-refractivity contribution in [3.8, 4) is 5.75 Å². The molecule has 0 spiro atoms. The maximum atomic E-state index is 12.1. The van der Waals surface area contributed by atoms with Gasteiger partial charge in [-0.2, -0.15) is 5.10 Å². The molecule has 0 radical (unpaired) electrons. The number of anilines is 1. The first kappa shape index (κ1) is 14.3. The fourth-order valence-electron chi connectivity index (χ4n) is 2.62. The molecule has 4 rings (SSSR count). The first-order valence-corrected chi connectivity index (χ1v) is 7.62. The zero-order valence-corrected chi connectivity index (χ0v) is 12.8. The number of carbonyl (C=O) groups excluding carboxylic acids is 1. The molecular weight excluding hydrogens is 302 g/mol. The number of fused-ring (bicyclic) bond motifs is 2. The van der Waals surface area contributed by atoms with E-state index in [1.807, 2.05) is 60.7 Å². The molecule has 118 valence electrons. The largest absolute Gasteiger partial charge is 0.484 e. The van der Waals surface area contributed by atoms with Crippen LogP contribution in [0, 0.1) is 0 Å². The van der Waals surface area contributed by atoms with Gasteiger partial charge in [-0.05, 0) is 41.1 Å². The Morgan fingerprint density at radius 2 is 1.88 bits per heavy atom. The van der Waals surface area contributed by atoms with Gasteiger partial charge in [0.1, 0.15) is 5.75 Å². The number of hydrogen-bond acceptors (Lipinski definition) is 3. The number of amides is 1. The van der Waals surface area contributed by atoms with Crippen molar-refractivity contribution in [1.82, 2.24) is 10.2 Å². The smallest absolute Gasteiger partial charge is 0.262 e. The number of aromatic nitrogens is 2. The summed E-state index contributed by atoms with van der Waals surface area (Å²) in [6, 6.07) is 19.4. The first-order valence-electron chi connectivity index (χ1n) is 7.62. The Labute approximate surface area is 138 Å². The fraction of sp³-hybridized carbons (Fsp3) is 0.0526. The number of carbonyl (C=O) groups is 1. The molecule has 0 aliphatic carbocycles. The number of nitrogens with one attached hydrogen (secondary N) is 2. The molecule has 1 heterocycles. The summed E-state index contributed by atoms with van der Waals surface area (Å²) < 4.78 is 5.59. The summed E-state index contributed by atoms with van der Waals surface area (Å²) in [5.41, 5.74) is 1.65. The lowest BCUT2D eigenvalue weighted by atomic mass is 10.1. The zero-order valence-electron chi connectivity index (χ0n) is 12.8. The lowest BCUT2D eigenvalue weighted by Crippen LogP contribution is -2.20. The first-order chi connectivity index (χ1) is 11.8. The van der Waals surface area contributed by atoms with Gasteiger partial charge in [0.15, 0.2) is 6.61 Å². The van der Waals surface area contributed by atoms with Crippen molar-refractivity contribution in [2.75, 3.05) is 11.9 Å². The van der Waals surface area contributed by atoms with Crippen molar-refractivity contribution in [3.05, 3.63) is 66.9 Å². The van der Waals surface area contributed by atoms with Crippen molar-refractivity contribution < 1.29 is 9.53 Å². The van der Waals surface area contributed by atoms with E-state index in [4.69, 9.17) is 4.74 Å². The molecule has 2 N–H and O–H groups in total. The van der Waals surface area contributed by atoms with Gasteiger partial charge < -0.3 is 10.1 Å². The highest BCUT2D eigenvalue weighted by Gasteiger charge is 2.05. The molecule has 0 atom stereocenters. The highest BCUT2D eigenvalue weighted by atomic mass is 16.5. The van der Waals surface area contributed by atoms with Crippen molar-refractivity contribution in [1.29, 1.82) is 0 Å². The minimum atomic E-state index is -0.203. The third-order valence-corrected chi connectivity index (χ3v) is 3.81. The van der Waals surface area contributed by atoms with E-state index in [2.05, 4.69) is 15.5 Å². The van der Waals surface area contributed by atoms with Crippen LogP contribution in [0.1, 0.15) is 0 Å². The molecule has 5 nitrogen and oxygen atoms in total. The normalized spacial score (nSPS) is 10.8. The van der Waals surface area contributed by atoms with Crippen LogP contribution in [0.15, 0.2) is 66.9 Å². The van der Waals surface area contributed by atoms with Crippen LogP contribution < -0.4 is 10.1 Å². The molecular formula is C19H15N3O2. The minimum Gasteiger partial charge on any atom is -0.484 e. The second kappa shape index (κ2) is 6.04. The second-order valence-corrected chi connectivity index (χ2v) is 5.52. The summed E-state index contributed by atoms with van der Waals surface area (Å²) in [4.78, 5) is 12.1. The fourth-order valence-corrected chi connectivity index (χ4v) is 2.62. The molecule has 0 saturated heterocycles. The number of rotatable bonds is 4. The van der Waals surface area contributed by atoms with Crippen molar-refractivity contribution in [2.45, 2.75) is 0 Å². The van der Waals surface area contributed by atoms with Gasteiger partial charge in [-0.15, -0.1) is 0 Å². The molecule has 1 aromatic heterocycles. The van der Waals surface area contributed by atoms with Gasteiger partial charge in [-0.25, -0.2) is 0 Å². The standard InChI is InChI=1S/C19H15N3O2/c23-19(21-16-6-8-18-15(9-16)11-20-22-18)12-24-17-7-5-13-3-1-2-4-14(13)10-17/h1-11H,12H2,(H,20,22)(H,21,23). The van der Waals surface area contributed by atoms with Crippen molar-refractivity contribution in [2.24, 2.45) is 0 Å². The third kappa shape index (κ3) is 2.92. The number of nitrogens with zero attached hydrogens (tertiary/aromatic N) is 1. The Bertz CT molecular complexity index is 1020. The monoisotopic (exact) mass is 317 g/mol. The average molecular weight is 317 g/mol. The Kier molecular flexibility index (Phi) is 3.59. The molecule has 1 amide bonds. The molecule has 4 aromatic rings. The van der Waals surface area contributed by atoms with E-state index in [0.717, 1.165) is 27.4 Å². The molecule has 0 unspecified atom stereocenters. The Balaban J connectivity index is 1.41. The van der Waals surface area contributed by atoms with E-state index in [1.165, 1.54) is 0 Å². The number of hydrogen-bond donors (Lipinski definition) is 2. The van der Waals surface area contributed by atoms with Gasteiger partial charge in [0.25, 0.3) is 5.91 Å². The van der Waals surface area contributed by atoms with Gasteiger partial charge in [0, 0.05) is 11.1 Å². The van der Waals surface area contributed by atoms with E-state index in [1.54, 1.807) is 6.20 Å². The lowest BCUT2D eigenvalue weighted by molar-refractivity contribution is -0.118. The van der Waals surface area contributed by atoms with Gasteiger partial charge in [0.2, 0.25) is 0 Å². The molecule has 0 fully saturated rings. The minimum absolute atomic E-state index is 0.0399. The van der Waals surface area contributed by atoms with Crippen LogP contribution >= 0.6 is 0 Å². The molecule has 24 heavy (non-hydrogen) atoms. The van der Waals surface area contributed by atoms with E-state index in [-0.39, 0.29) is 12.5 Å².